The van der Waals surface area contributed by atoms with E-state index in [1.807, 2.05) is 35.2 Å². The normalized spacial score (nSPS) is 14.9. The van der Waals surface area contributed by atoms with E-state index in [1.165, 1.54) is 5.56 Å². The van der Waals surface area contributed by atoms with E-state index in [9.17, 15) is 9.59 Å². The number of hydrogen-bond donors (Lipinski definition) is 0. The number of thioether (sulfide) groups is 1. The second-order valence-corrected chi connectivity index (χ2v) is 9.11. The average molecular weight is 411 g/mol. The number of piperidine rings is 1. The molecule has 1 aromatic heterocycles. The van der Waals surface area contributed by atoms with Crippen molar-refractivity contribution in [2.24, 2.45) is 11.8 Å². The SMILES string of the molecule is CC(C)Cc1ccc(C(=O)C2CCN(C(=O)CSCc3ccccn3)CC2)cc1. The lowest BCUT2D eigenvalue weighted by Gasteiger charge is -2.31. The zero-order valence-electron chi connectivity index (χ0n) is 17.3. The predicted molar refractivity (Wildman–Crippen MR) is 119 cm³/mol. The van der Waals surface area contributed by atoms with Crippen molar-refractivity contribution in [3.63, 3.8) is 0 Å². The van der Waals surface area contributed by atoms with E-state index in [4.69, 9.17) is 0 Å². The molecule has 1 aliphatic heterocycles. The molecule has 0 spiro atoms. The number of Topliss-reactive ketones (excluding diaryl/α,β-unsaturated/α-hetero) is 1. The summed E-state index contributed by atoms with van der Waals surface area (Å²) in [6.45, 7) is 5.74. The van der Waals surface area contributed by atoms with Gasteiger partial charge in [0.05, 0.1) is 11.4 Å². The van der Waals surface area contributed by atoms with E-state index < -0.39 is 0 Å². The van der Waals surface area contributed by atoms with E-state index in [1.54, 1.807) is 18.0 Å². The van der Waals surface area contributed by atoms with Crippen LogP contribution in [0.25, 0.3) is 0 Å². The van der Waals surface area contributed by atoms with Crippen LogP contribution in [0.3, 0.4) is 0 Å². The van der Waals surface area contributed by atoms with Crippen molar-refractivity contribution in [3.8, 4) is 0 Å². The Labute approximate surface area is 178 Å². The molecule has 1 fully saturated rings. The summed E-state index contributed by atoms with van der Waals surface area (Å²) in [4.78, 5) is 31.5. The fraction of sp³-hybridized carbons (Fsp3) is 0.458. The number of carbonyl (C=O) groups is 2. The molecule has 5 heteroatoms. The third-order valence-corrected chi connectivity index (χ3v) is 6.25. The summed E-state index contributed by atoms with van der Waals surface area (Å²) < 4.78 is 0. The van der Waals surface area contributed by atoms with Crippen molar-refractivity contribution in [3.05, 3.63) is 65.5 Å². The minimum atomic E-state index is 0.0242. The number of hydrogen-bond acceptors (Lipinski definition) is 4. The van der Waals surface area contributed by atoms with Gasteiger partial charge in [0, 0.05) is 36.5 Å². The molecule has 0 unspecified atom stereocenters. The molecule has 2 aromatic rings. The average Bonchev–Trinajstić information content (AvgIpc) is 2.74. The van der Waals surface area contributed by atoms with E-state index >= 15 is 0 Å². The van der Waals surface area contributed by atoms with Gasteiger partial charge in [-0.1, -0.05) is 44.2 Å². The second-order valence-electron chi connectivity index (χ2n) is 8.13. The molecular weight excluding hydrogens is 380 g/mol. The molecule has 0 N–H and O–H groups in total. The Morgan fingerprint density at radius 1 is 1.10 bits per heavy atom. The van der Waals surface area contributed by atoms with E-state index in [0.717, 1.165) is 36.3 Å². The number of amides is 1. The predicted octanol–water partition coefficient (Wildman–Crippen LogP) is 4.63. The Morgan fingerprint density at radius 2 is 1.83 bits per heavy atom. The highest BCUT2D eigenvalue weighted by molar-refractivity contribution is 7.99. The molecule has 0 aliphatic carbocycles. The third-order valence-electron chi connectivity index (χ3n) is 5.30. The number of benzene rings is 1. The number of pyridine rings is 1. The van der Waals surface area contributed by atoms with Crippen molar-refractivity contribution in [1.29, 1.82) is 0 Å². The summed E-state index contributed by atoms with van der Waals surface area (Å²) in [6, 6.07) is 13.9. The summed E-state index contributed by atoms with van der Waals surface area (Å²) >= 11 is 1.60. The summed E-state index contributed by atoms with van der Waals surface area (Å²) in [5.41, 5.74) is 3.07. The van der Waals surface area contributed by atoms with Gasteiger partial charge in [-0.2, -0.15) is 0 Å². The lowest BCUT2D eigenvalue weighted by atomic mass is 9.88. The summed E-state index contributed by atoms with van der Waals surface area (Å²) in [5, 5.41) is 0. The molecule has 0 radical (unpaired) electrons. The number of carbonyl (C=O) groups excluding carboxylic acids is 2. The minimum absolute atomic E-state index is 0.0242. The second kappa shape index (κ2) is 10.6. The van der Waals surface area contributed by atoms with Crippen LogP contribution in [-0.4, -0.2) is 40.4 Å². The molecule has 0 bridgehead atoms. The van der Waals surface area contributed by atoms with Gasteiger partial charge in [0.2, 0.25) is 5.91 Å². The van der Waals surface area contributed by atoms with Gasteiger partial charge in [0.25, 0.3) is 0 Å². The van der Waals surface area contributed by atoms with E-state index in [0.29, 0.717) is 24.8 Å². The first-order chi connectivity index (χ1) is 14.0. The number of rotatable bonds is 8. The fourth-order valence-corrected chi connectivity index (χ4v) is 4.56. The number of ketones is 1. The monoisotopic (exact) mass is 410 g/mol. The van der Waals surface area contributed by atoms with Crippen molar-refractivity contribution in [2.75, 3.05) is 18.8 Å². The zero-order chi connectivity index (χ0) is 20.6. The lowest BCUT2D eigenvalue weighted by molar-refractivity contribution is -0.129. The van der Waals surface area contributed by atoms with Crippen LogP contribution in [0.1, 0.15) is 48.3 Å². The first-order valence-corrected chi connectivity index (χ1v) is 11.6. The fourth-order valence-electron chi connectivity index (χ4n) is 3.72. The van der Waals surface area contributed by atoms with Crippen molar-refractivity contribution < 1.29 is 9.59 Å². The lowest BCUT2D eigenvalue weighted by Crippen LogP contribution is -2.41. The van der Waals surface area contributed by atoms with Crippen LogP contribution in [-0.2, 0) is 17.0 Å². The minimum Gasteiger partial charge on any atom is -0.342 e. The number of nitrogens with zero attached hydrogens (tertiary/aromatic N) is 2. The zero-order valence-corrected chi connectivity index (χ0v) is 18.2. The van der Waals surface area contributed by atoms with Crippen LogP contribution in [0.4, 0.5) is 0 Å². The Hall–Kier alpha value is -2.14. The molecule has 0 atom stereocenters. The maximum Gasteiger partial charge on any atom is 0.232 e. The smallest absolute Gasteiger partial charge is 0.232 e. The van der Waals surface area contributed by atoms with Gasteiger partial charge >= 0.3 is 0 Å². The Bertz CT molecular complexity index is 797. The van der Waals surface area contributed by atoms with Gasteiger partial charge in [0.1, 0.15) is 0 Å². The highest BCUT2D eigenvalue weighted by Gasteiger charge is 2.27. The van der Waals surface area contributed by atoms with Crippen LogP contribution in [0.15, 0.2) is 48.7 Å². The Balaban J connectivity index is 1.43. The van der Waals surface area contributed by atoms with Crippen LogP contribution >= 0.6 is 11.8 Å². The van der Waals surface area contributed by atoms with Crippen LogP contribution in [0.2, 0.25) is 0 Å². The molecule has 0 saturated carbocycles. The Morgan fingerprint density at radius 3 is 2.45 bits per heavy atom. The van der Waals surface area contributed by atoms with Crippen molar-refractivity contribution >= 4 is 23.5 Å². The number of likely N-dealkylation sites (tertiary alicyclic amines) is 1. The maximum atomic E-state index is 12.8. The molecular formula is C24H30N2O2S. The van der Waals surface area contributed by atoms with E-state index in [-0.39, 0.29) is 17.6 Å². The first kappa shape index (κ1) is 21.6. The van der Waals surface area contributed by atoms with Gasteiger partial charge in [-0.3, -0.25) is 14.6 Å². The van der Waals surface area contributed by atoms with Crippen LogP contribution in [0, 0.1) is 11.8 Å². The number of aromatic nitrogens is 1. The highest BCUT2D eigenvalue weighted by atomic mass is 32.2. The van der Waals surface area contributed by atoms with Gasteiger partial charge in [0.15, 0.2) is 5.78 Å². The Kier molecular flexibility index (Phi) is 7.87. The van der Waals surface area contributed by atoms with Gasteiger partial charge in [-0.25, -0.2) is 0 Å². The van der Waals surface area contributed by atoms with Gasteiger partial charge in [-0.15, -0.1) is 11.8 Å². The van der Waals surface area contributed by atoms with Crippen molar-refractivity contribution in [1.82, 2.24) is 9.88 Å². The van der Waals surface area contributed by atoms with Gasteiger partial charge < -0.3 is 4.90 Å². The van der Waals surface area contributed by atoms with E-state index in [2.05, 4.69) is 31.0 Å². The maximum absolute atomic E-state index is 12.8. The first-order valence-electron chi connectivity index (χ1n) is 10.4. The molecule has 29 heavy (non-hydrogen) atoms. The third kappa shape index (κ3) is 6.43. The quantitative estimate of drug-likeness (QED) is 0.595. The topological polar surface area (TPSA) is 50.3 Å². The summed E-state index contributed by atoms with van der Waals surface area (Å²) in [7, 11) is 0. The molecule has 4 nitrogen and oxygen atoms in total. The molecule has 154 valence electrons. The van der Waals surface area contributed by atoms with Gasteiger partial charge in [-0.05, 0) is 42.9 Å². The van der Waals surface area contributed by atoms with Crippen LogP contribution in [0.5, 0.6) is 0 Å². The van der Waals surface area contributed by atoms with Crippen molar-refractivity contribution in [2.45, 2.75) is 38.9 Å². The molecule has 1 aliphatic rings. The standard InChI is InChI=1S/C24H30N2O2S/c1-18(2)15-19-6-8-20(9-7-19)24(28)21-10-13-26(14-11-21)23(27)17-29-16-22-5-3-4-12-25-22/h3-9,12,18,21H,10-11,13-17H2,1-2H3. The summed E-state index contributed by atoms with van der Waals surface area (Å²) in [5.74, 6) is 2.23. The molecule has 1 aromatic carbocycles. The molecule has 1 saturated heterocycles. The molecule has 1 amide bonds. The largest absolute Gasteiger partial charge is 0.342 e. The van der Waals surface area contributed by atoms with Crippen LogP contribution < -0.4 is 0 Å². The molecule has 2 heterocycles. The molecule has 3 rings (SSSR count). The summed E-state index contributed by atoms with van der Waals surface area (Å²) in [6.07, 6.45) is 4.32. The highest BCUT2D eigenvalue weighted by Crippen LogP contribution is 2.23.